The van der Waals surface area contributed by atoms with Gasteiger partial charge in [0.1, 0.15) is 5.82 Å². The number of anilines is 1. The first-order valence-electron chi connectivity index (χ1n) is 5.09. The van der Waals surface area contributed by atoms with E-state index >= 15 is 0 Å². The highest BCUT2D eigenvalue weighted by Gasteiger charge is 2.06. The topological polar surface area (TPSA) is 87.0 Å². The summed E-state index contributed by atoms with van der Waals surface area (Å²) in [7, 11) is 0. The summed E-state index contributed by atoms with van der Waals surface area (Å²) in [5, 5.41) is 14.6. The van der Waals surface area contributed by atoms with Crippen molar-refractivity contribution in [2.75, 3.05) is 5.73 Å². The Kier molecular flexibility index (Phi) is 2.78. The van der Waals surface area contributed by atoms with E-state index < -0.39 is 4.92 Å². The molecule has 0 saturated carbocycles. The van der Waals surface area contributed by atoms with E-state index in [-0.39, 0.29) is 5.69 Å². The summed E-state index contributed by atoms with van der Waals surface area (Å²) in [5.74, 6) is 0.614. The van der Waals surface area contributed by atoms with Crippen molar-refractivity contribution in [3.63, 3.8) is 0 Å². The fourth-order valence-corrected chi connectivity index (χ4v) is 1.51. The Morgan fingerprint density at radius 1 is 1.41 bits per heavy atom. The van der Waals surface area contributed by atoms with Crippen LogP contribution in [0.25, 0.3) is 0 Å². The van der Waals surface area contributed by atoms with Crippen LogP contribution in [0.2, 0.25) is 0 Å². The van der Waals surface area contributed by atoms with Gasteiger partial charge in [0.15, 0.2) is 0 Å². The maximum Gasteiger partial charge on any atom is 0.269 e. The van der Waals surface area contributed by atoms with Crippen LogP contribution >= 0.6 is 0 Å². The Labute approximate surface area is 97.8 Å². The van der Waals surface area contributed by atoms with Gasteiger partial charge in [0, 0.05) is 17.7 Å². The number of nitrogens with two attached hydrogens (primary N) is 1. The molecule has 1 heterocycles. The largest absolute Gasteiger partial charge is 0.384 e. The van der Waals surface area contributed by atoms with Gasteiger partial charge in [0.05, 0.1) is 17.7 Å². The van der Waals surface area contributed by atoms with Gasteiger partial charge in [-0.2, -0.15) is 5.10 Å². The quantitative estimate of drug-likeness (QED) is 0.644. The molecule has 0 atom stereocenters. The molecule has 88 valence electrons. The Morgan fingerprint density at radius 3 is 2.53 bits per heavy atom. The van der Waals surface area contributed by atoms with E-state index in [4.69, 9.17) is 5.73 Å². The van der Waals surface area contributed by atoms with Gasteiger partial charge >= 0.3 is 0 Å². The minimum absolute atomic E-state index is 0.0818. The molecule has 0 amide bonds. The average molecular weight is 232 g/mol. The molecule has 2 N–H and O–H groups in total. The van der Waals surface area contributed by atoms with Crippen molar-refractivity contribution < 1.29 is 4.92 Å². The van der Waals surface area contributed by atoms with Crippen LogP contribution in [-0.2, 0) is 6.54 Å². The Balaban J connectivity index is 2.19. The van der Waals surface area contributed by atoms with Gasteiger partial charge in [-0.25, -0.2) is 4.68 Å². The van der Waals surface area contributed by atoms with Crippen molar-refractivity contribution >= 4 is 11.5 Å². The second-order valence-corrected chi connectivity index (χ2v) is 3.79. The number of aromatic nitrogens is 2. The number of nitrogen functional groups attached to an aromatic ring is 1. The van der Waals surface area contributed by atoms with Crippen molar-refractivity contribution in [1.82, 2.24) is 9.78 Å². The van der Waals surface area contributed by atoms with Crippen LogP contribution in [0.3, 0.4) is 0 Å². The summed E-state index contributed by atoms with van der Waals surface area (Å²) < 4.78 is 1.66. The lowest BCUT2D eigenvalue weighted by Crippen LogP contribution is -2.06. The lowest BCUT2D eigenvalue weighted by Gasteiger charge is -2.04. The molecule has 17 heavy (non-hydrogen) atoms. The fourth-order valence-electron chi connectivity index (χ4n) is 1.51. The Hall–Kier alpha value is -2.37. The Bertz CT molecular complexity index is 545. The maximum absolute atomic E-state index is 10.5. The maximum atomic E-state index is 10.5. The van der Waals surface area contributed by atoms with Crippen molar-refractivity contribution in [2.45, 2.75) is 13.5 Å². The van der Waals surface area contributed by atoms with E-state index in [2.05, 4.69) is 5.10 Å². The minimum Gasteiger partial charge on any atom is -0.384 e. The molecule has 0 aliphatic heterocycles. The molecule has 0 aliphatic carbocycles. The highest BCUT2D eigenvalue weighted by atomic mass is 16.6. The average Bonchev–Trinajstić information content (AvgIpc) is 2.62. The van der Waals surface area contributed by atoms with Crippen molar-refractivity contribution in [3.05, 3.63) is 51.7 Å². The molecule has 0 fully saturated rings. The number of hydrogen-bond acceptors (Lipinski definition) is 4. The van der Waals surface area contributed by atoms with Crippen LogP contribution in [0, 0.1) is 17.0 Å². The predicted octanol–water partition coefficient (Wildman–Crippen LogP) is 1.73. The molecule has 6 heteroatoms. The SMILES string of the molecule is Cc1cnn(Cc2ccc([N+](=O)[O-])cc2)c1N. The first-order chi connectivity index (χ1) is 8.08. The number of rotatable bonds is 3. The molecule has 2 aromatic rings. The smallest absolute Gasteiger partial charge is 0.269 e. The summed E-state index contributed by atoms with van der Waals surface area (Å²) in [6.07, 6.45) is 1.70. The molecule has 1 aromatic heterocycles. The molecule has 0 unspecified atom stereocenters. The number of benzene rings is 1. The van der Waals surface area contributed by atoms with Crippen LogP contribution < -0.4 is 5.73 Å². The van der Waals surface area contributed by atoms with Crippen LogP contribution in [0.5, 0.6) is 0 Å². The van der Waals surface area contributed by atoms with E-state index in [1.807, 2.05) is 6.92 Å². The van der Waals surface area contributed by atoms with Crippen LogP contribution in [0.15, 0.2) is 30.5 Å². The lowest BCUT2D eigenvalue weighted by molar-refractivity contribution is -0.384. The zero-order valence-corrected chi connectivity index (χ0v) is 9.33. The molecule has 0 aliphatic rings. The molecule has 6 nitrogen and oxygen atoms in total. The predicted molar refractivity (Wildman–Crippen MR) is 63.6 cm³/mol. The lowest BCUT2D eigenvalue weighted by atomic mass is 10.2. The number of nitrogens with zero attached hydrogens (tertiary/aromatic N) is 3. The molecule has 1 aromatic carbocycles. The number of non-ortho nitro benzene ring substituents is 1. The summed E-state index contributed by atoms with van der Waals surface area (Å²) in [4.78, 5) is 10.1. The number of nitro groups is 1. The fraction of sp³-hybridized carbons (Fsp3) is 0.182. The third kappa shape index (κ3) is 2.25. The molecule has 0 spiro atoms. The summed E-state index contributed by atoms with van der Waals surface area (Å²) in [5.41, 5.74) is 7.75. The van der Waals surface area contributed by atoms with Crippen LogP contribution in [-0.4, -0.2) is 14.7 Å². The highest BCUT2D eigenvalue weighted by Crippen LogP contribution is 2.15. The monoisotopic (exact) mass is 232 g/mol. The zero-order chi connectivity index (χ0) is 12.4. The summed E-state index contributed by atoms with van der Waals surface area (Å²) in [6, 6.07) is 6.35. The molecule has 2 rings (SSSR count). The minimum atomic E-state index is -0.420. The van der Waals surface area contributed by atoms with Gasteiger partial charge in [-0.1, -0.05) is 12.1 Å². The first kappa shape index (κ1) is 11.1. The van der Waals surface area contributed by atoms with Gasteiger partial charge in [-0.05, 0) is 12.5 Å². The van der Waals surface area contributed by atoms with Crippen LogP contribution in [0.1, 0.15) is 11.1 Å². The zero-order valence-electron chi connectivity index (χ0n) is 9.33. The van der Waals surface area contributed by atoms with Crippen LogP contribution in [0.4, 0.5) is 11.5 Å². The van der Waals surface area contributed by atoms with E-state index in [9.17, 15) is 10.1 Å². The van der Waals surface area contributed by atoms with Crippen molar-refractivity contribution in [2.24, 2.45) is 0 Å². The van der Waals surface area contributed by atoms with Gasteiger partial charge in [0.2, 0.25) is 0 Å². The van der Waals surface area contributed by atoms with Crippen molar-refractivity contribution in [1.29, 1.82) is 0 Å². The summed E-state index contributed by atoms with van der Waals surface area (Å²) in [6.45, 7) is 2.40. The second kappa shape index (κ2) is 4.25. The molecule has 0 bridgehead atoms. The Morgan fingerprint density at radius 2 is 2.06 bits per heavy atom. The molecular weight excluding hydrogens is 220 g/mol. The first-order valence-corrected chi connectivity index (χ1v) is 5.09. The number of nitro benzene ring substituents is 1. The second-order valence-electron chi connectivity index (χ2n) is 3.79. The van der Waals surface area contributed by atoms with E-state index in [1.54, 1.807) is 23.0 Å². The standard InChI is InChI=1S/C11H12N4O2/c1-8-6-13-14(11(8)12)7-9-2-4-10(5-3-9)15(16)17/h2-6H,7,12H2,1H3. The third-order valence-corrected chi connectivity index (χ3v) is 2.55. The van der Waals surface area contributed by atoms with E-state index in [0.717, 1.165) is 11.1 Å². The van der Waals surface area contributed by atoms with Crippen molar-refractivity contribution in [3.8, 4) is 0 Å². The molecular formula is C11H12N4O2. The van der Waals surface area contributed by atoms with Gasteiger partial charge < -0.3 is 5.73 Å². The van der Waals surface area contributed by atoms with E-state index in [0.29, 0.717) is 12.4 Å². The third-order valence-electron chi connectivity index (χ3n) is 2.55. The molecule has 0 saturated heterocycles. The molecule has 0 radical (unpaired) electrons. The van der Waals surface area contributed by atoms with Gasteiger partial charge in [0.25, 0.3) is 5.69 Å². The summed E-state index contributed by atoms with van der Waals surface area (Å²) >= 11 is 0. The van der Waals surface area contributed by atoms with E-state index in [1.165, 1.54) is 12.1 Å². The number of hydrogen-bond donors (Lipinski definition) is 1. The normalized spacial score (nSPS) is 10.4. The number of aryl methyl sites for hydroxylation is 1. The van der Waals surface area contributed by atoms with Gasteiger partial charge in [-0.3, -0.25) is 10.1 Å². The highest BCUT2D eigenvalue weighted by molar-refractivity contribution is 5.38. The van der Waals surface area contributed by atoms with Gasteiger partial charge in [-0.15, -0.1) is 0 Å².